The fourth-order valence-electron chi connectivity index (χ4n) is 2.44. The van der Waals surface area contributed by atoms with E-state index in [-0.39, 0.29) is 5.41 Å². The van der Waals surface area contributed by atoms with Crippen LogP contribution >= 0.6 is 12.2 Å². The van der Waals surface area contributed by atoms with E-state index in [0.717, 1.165) is 24.3 Å². The lowest BCUT2D eigenvalue weighted by atomic mass is 9.78. The van der Waals surface area contributed by atoms with Crippen molar-refractivity contribution in [3.63, 3.8) is 0 Å². The number of ether oxygens (including phenoxy) is 1. The highest BCUT2D eigenvalue weighted by molar-refractivity contribution is 7.80. The van der Waals surface area contributed by atoms with Gasteiger partial charge in [0.1, 0.15) is 0 Å². The standard InChI is InChI=1S/C11H12OS/c1-3-4-11-6-8(2)5-9(11)10(13)12-7-11/h1,9H,2,4-7H2/t9-,11+/m0/s1. The van der Waals surface area contributed by atoms with Crippen LogP contribution in [0, 0.1) is 23.7 Å². The Bertz CT molecular complexity index is 313. The molecular formula is C11H12OS. The van der Waals surface area contributed by atoms with E-state index in [2.05, 4.69) is 12.5 Å². The normalized spacial score (nSPS) is 37.0. The highest BCUT2D eigenvalue weighted by Gasteiger charge is 2.51. The molecule has 2 rings (SSSR count). The first-order chi connectivity index (χ1) is 6.18. The molecular weight excluding hydrogens is 180 g/mol. The fourth-order valence-corrected chi connectivity index (χ4v) is 2.83. The molecule has 0 spiro atoms. The number of rotatable bonds is 1. The van der Waals surface area contributed by atoms with E-state index in [1.54, 1.807) is 0 Å². The van der Waals surface area contributed by atoms with Crippen molar-refractivity contribution < 1.29 is 4.74 Å². The molecule has 0 aromatic carbocycles. The Hall–Kier alpha value is -0.810. The minimum absolute atomic E-state index is 0.100. The van der Waals surface area contributed by atoms with Crippen LogP contribution in [0.15, 0.2) is 12.2 Å². The average Bonchev–Trinajstić information content (AvgIpc) is 2.51. The molecule has 2 heteroatoms. The molecule has 1 saturated carbocycles. The summed E-state index contributed by atoms with van der Waals surface area (Å²) in [5.74, 6) is 3.08. The van der Waals surface area contributed by atoms with Gasteiger partial charge in [0.25, 0.3) is 0 Å². The third kappa shape index (κ3) is 1.19. The molecule has 2 fully saturated rings. The molecule has 0 aromatic rings. The molecule has 1 heterocycles. The van der Waals surface area contributed by atoms with Crippen LogP contribution in [-0.2, 0) is 4.74 Å². The van der Waals surface area contributed by atoms with E-state index in [1.165, 1.54) is 5.57 Å². The van der Waals surface area contributed by atoms with Gasteiger partial charge in [0.15, 0.2) is 5.05 Å². The largest absolute Gasteiger partial charge is 0.486 e. The van der Waals surface area contributed by atoms with Crippen LogP contribution in [0.5, 0.6) is 0 Å². The molecule has 2 aliphatic rings. The molecule has 0 bridgehead atoms. The molecule has 0 unspecified atom stereocenters. The van der Waals surface area contributed by atoms with Gasteiger partial charge in [0.05, 0.1) is 6.61 Å². The number of allylic oxidation sites excluding steroid dienone is 1. The van der Waals surface area contributed by atoms with Gasteiger partial charge in [0, 0.05) is 17.8 Å². The smallest absolute Gasteiger partial charge is 0.163 e. The summed E-state index contributed by atoms with van der Waals surface area (Å²) in [5, 5.41) is 0.744. The van der Waals surface area contributed by atoms with Gasteiger partial charge in [-0.2, -0.15) is 0 Å². The summed E-state index contributed by atoms with van der Waals surface area (Å²) < 4.78 is 5.42. The minimum atomic E-state index is 0.100. The second kappa shape index (κ2) is 2.85. The molecule has 2 atom stereocenters. The summed E-state index contributed by atoms with van der Waals surface area (Å²) in [6.07, 6.45) is 8.09. The van der Waals surface area contributed by atoms with Gasteiger partial charge < -0.3 is 4.74 Å². The van der Waals surface area contributed by atoms with Crippen LogP contribution in [0.2, 0.25) is 0 Å². The second-order valence-electron chi connectivity index (χ2n) is 4.03. The zero-order chi connectivity index (χ0) is 9.47. The highest BCUT2D eigenvalue weighted by atomic mass is 32.1. The maximum Gasteiger partial charge on any atom is 0.163 e. The summed E-state index contributed by atoms with van der Waals surface area (Å²) in [5.41, 5.74) is 1.37. The Morgan fingerprint density at radius 3 is 3.23 bits per heavy atom. The molecule has 1 aliphatic carbocycles. The summed E-state index contributed by atoms with van der Waals surface area (Å²) >= 11 is 5.16. The fraction of sp³-hybridized carbons (Fsp3) is 0.545. The monoisotopic (exact) mass is 192 g/mol. The Morgan fingerprint density at radius 2 is 2.54 bits per heavy atom. The van der Waals surface area contributed by atoms with Crippen LogP contribution < -0.4 is 0 Å². The van der Waals surface area contributed by atoms with Gasteiger partial charge in [-0.15, -0.1) is 12.3 Å². The van der Waals surface area contributed by atoms with E-state index >= 15 is 0 Å². The molecule has 1 aliphatic heterocycles. The first-order valence-corrected chi connectivity index (χ1v) is 4.85. The predicted molar refractivity (Wildman–Crippen MR) is 56.3 cm³/mol. The van der Waals surface area contributed by atoms with Gasteiger partial charge in [-0.3, -0.25) is 0 Å². The first kappa shape index (κ1) is 8.77. The molecule has 0 aromatic heterocycles. The summed E-state index contributed by atoms with van der Waals surface area (Å²) in [6, 6.07) is 0. The number of hydrogen-bond acceptors (Lipinski definition) is 2. The van der Waals surface area contributed by atoms with Crippen molar-refractivity contribution in [1.82, 2.24) is 0 Å². The lowest BCUT2D eigenvalue weighted by molar-refractivity contribution is 0.200. The number of hydrogen-bond donors (Lipinski definition) is 0. The highest BCUT2D eigenvalue weighted by Crippen LogP contribution is 2.52. The van der Waals surface area contributed by atoms with Crippen molar-refractivity contribution in [2.24, 2.45) is 11.3 Å². The molecule has 0 N–H and O–H groups in total. The summed E-state index contributed by atoms with van der Waals surface area (Å²) in [6.45, 7) is 4.71. The number of terminal acetylenes is 1. The quantitative estimate of drug-likeness (QED) is 0.358. The third-order valence-electron chi connectivity index (χ3n) is 3.07. The number of fused-ring (bicyclic) bond motifs is 1. The van der Waals surface area contributed by atoms with E-state index < -0.39 is 0 Å². The van der Waals surface area contributed by atoms with E-state index in [0.29, 0.717) is 12.5 Å². The Kier molecular flexibility index (Phi) is 1.92. The van der Waals surface area contributed by atoms with Crippen LogP contribution in [0.25, 0.3) is 0 Å². The topological polar surface area (TPSA) is 9.23 Å². The van der Waals surface area contributed by atoms with Crippen molar-refractivity contribution >= 4 is 17.3 Å². The molecule has 0 amide bonds. The Labute approximate surface area is 84.2 Å². The minimum Gasteiger partial charge on any atom is -0.486 e. The predicted octanol–water partition coefficient (Wildman–Crippen LogP) is 2.32. The van der Waals surface area contributed by atoms with Gasteiger partial charge in [-0.1, -0.05) is 12.2 Å². The zero-order valence-electron chi connectivity index (χ0n) is 7.51. The van der Waals surface area contributed by atoms with E-state index in [1.807, 2.05) is 0 Å². The Balaban J connectivity index is 2.30. The van der Waals surface area contributed by atoms with Crippen molar-refractivity contribution in [3.8, 4) is 12.3 Å². The van der Waals surface area contributed by atoms with Gasteiger partial charge in [-0.25, -0.2) is 0 Å². The molecule has 0 radical (unpaired) electrons. The Morgan fingerprint density at radius 1 is 1.77 bits per heavy atom. The van der Waals surface area contributed by atoms with Crippen LogP contribution in [0.1, 0.15) is 19.3 Å². The van der Waals surface area contributed by atoms with Crippen LogP contribution in [0.3, 0.4) is 0 Å². The average molecular weight is 192 g/mol. The van der Waals surface area contributed by atoms with E-state index in [9.17, 15) is 0 Å². The molecule has 13 heavy (non-hydrogen) atoms. The van der Waals surface area contributed by atoms with Gasteiger partial charge in [-0.05, 0) is 25.1 Å². The van der Waals surface area contributed by atoms with Crippen molar-refractivity contribution in [3.05, 3.63) is 12.2 Å². The molecule has 1 saturated heterocycles. The van der Waals surface area contributed by atoms with E-state index in [4.69, 9.17) is 23.4 Å². The van der Waals surface area contributed by atoms with Crippen molar-refractivity contribution in [1.29, 1.82) is 0 Å². The summed E-state index contributed by atoms with van der Waals surface area (Å²) in [7, 11) is 0. The maximum absolute atomic E-state index is 5.42. The number of thiocarbonyl (C=S) groups is 1. The van der Waals surface area contributed by atoms with Crippen molar-refractivity contribution in [2.45, 2.75) is 19.3 Å². The second-order valence-corrected chi connectivity index (χ2v) is 4.44. The first-order valence-electron chi connectivity index (χ1n) is 4.45. The lowest BCUT2D eigenvalue weighted by Gasteiger charge is -2.22. The molecule has 68 valence electrons. The van der Waals surface area contributed by atoms with Crippen LogP contribution in [-0.4, -0.2) is 11.7 Å². The zero-order valence-corrected chi connectivity index (χ0v) is 8.32. The van der Waals surface area contributed by atoms with Crippen LogP contribution in [0.4, 0.5) is 0 Å². The van der Waals surface area contributed by atoms with Gasteiger partial charge in [0.2, 0.25) is 0 Å². The summed E-state index contributed by atoms with van der Waals surface area (Å²) in [4.78, 5) is 0. The van der Waals surface area contributed by atoms with Gasteiger partial charge >= 0.3 is 0 Å². The maximum atomic E-state index is 5.42. The third-order valence-corrected chi connectivity index (χ3v) is 3.48. The molecule has 1 nitrogen and oxygen atoms in total. The SMILES string of the molecule is C#CC[C@@]12COC(=S)[C@@H]1CC(=C)C2. The lowest BCUT2D eigenvalue weighted by Crippen LogP contribution is -2.24. The van der Waals surface area contributed by atoms with Crippen molar-refractivity contribution in [2.75, 3.05) is 6.61 Å².